The van der Waals surface area contributed by atoms with E-state index >= 15 is 0 Å². The van der Waals surface area contributed by atoms with Gasteiger partial charge in [0.15, 0.2) is 0 Å². The number of carbonyl (C=O) groups is 1. The lowest BCUT2D eigenvalue weighted by Gasteiger charge is -2.10. The topological polar surface area (TPSA) is 92.7 Å². The van der Waals surface area contributed by atoms with Gasteiger partial charge in [0, 0.05) is 22.9 Å². The number of anilines is 1. The molecule has 0 saturated heterocycles. The summed E-state index contributed by atoms with van der Waals surface area (Å²) in [6.45, 7) is 5.51. The zero-order chi connectivity index (χ0) is 22.0. The molecule has 0 bridgehead atoms. The number of nitrogens with zero attached hydrogens (tertiary/aromatic N) is 3. The highest BCUT2D eigenvalue weighted by Crippen LogP contribution is 2.20. The van der Waals surface area contributed by atoms with E-state index in [4.69, 9.17) is 0 Å². The van der Waals surface area contributed by atoms with Gasteiger partial charge in [-0.2, -0.15) is 9.78 Å². The molecule has 0 aliphatic heterocycles. The predicted molar refractivity (Wildman–Crippen MR) is 121 cm³/mol. The van der Waals surface area contributed by atoms with Crippen LogP contribution in [0, 0.1) is 13.8 Å². The monoisotopic (exact) mass is 413 g/mol. The van der Waals surface area contributed by atoms with Crippen molar-refractivity contribution in [2.75, 3.05) is 5.32 Å². The molecule has 2 N–H and O–H groups in total. The van der Waals surface area contributed by atoms with Gasteiger partial charge in [0.05, 0.1) is 5.69 Å². The molecule has 4 rings (SSSR count). The van der Waals surface area contributed by atoms with Crippen molar-refractivity contribution in [2.45, 2.75) is 27.2 Å². The Bertz CT molecular complexity index is 1290. The Hall–Kier alpha value is -4.00. The van der Waals surface area contributed by atoms with Gasteiger partial charge in [0.2, 0.25) is 5.95 Å². The van der Waals surface area contributed by atoms with Crippen molar-refractivity contribution < 1.29 is 4.79 Å². The number of H-pyrrole nitrogens is 1. The highest BCUT2D eigenvalue weighted by atomic mass is 16.1. The van der Waals surface area contributed by atoms with Crippen molar-refractivity contribution in [3.8, 4) is 17.1 Å². The highest BCUT2D eigenvalue weighted by Gasteiger charge is 2.16. The molecule has 2 heterocycles. The first-order valence-corrected chi connectivity index (χ1v) is 10.1. The average Bonchev–Trinajstić information content (AvgIpc) is 3.14. The van der Waals surface area contributed by atoms with Crippen LogP contribution in [0.4, 0.5) is 5.82 Å². The quantitative estimate of drug-likeness (QED) is 0.516. The summed E-state index contributed by atoms with van der Waals surface area (Å²) in [6.07, 6.45) is 0.592. The molecule has 1 amide bonds. The molecule has 0 unspecified atom stereocenters. The molecule has 7 heteroatoms. The van der Waals surface area contributed by atoms with E-state index in [1.54, 1.807) is 25.1 Å². The number of aromatic amines is 1. The van der Waals surface area contributed by atoms with Crippen LogP contribution in [0.3, 0.4) is 0 Å². The van der Waals surface area contributed by atoms with Crippen LogP contribution in [-0.2, 0) is 6.42 Å². The van der Waals surface area contributed by atoms with E-state index in [9.17, 15) is 9.59 Å². The molecule has 0 aliphatic carbocycles. The number of hydrogen-bond donors (Lipinski definition) is 2. The zero-order valence-corrected chi connectivity index (χ0v) is 17.6. The Balaban J connectivity index is 1.61. The number of amides is 1. The van der Waals surface area contributed by atoms with Crippen LogP contribution in [0.2, 0.25) is 0 Å². The molecular weight excluding hydrogens is 390 g/mol. The highest BCUT2D eigenvalue weighted by molar-refractivity contribution is 6.04. The third-order valence-corrected chi connectivity index (χ3v) is 5.09. The Labute approximate surface area is 179 Å². The number of aromatic nitrogens is 4. The van der Waals surface area contributed by atoms with Crippen LogP contribution < -0.4 is 10.9 Å². The van der Waals surface area contributed by atoms with Crippen LogP contribution in [0.15, 0.2) is 65.5 Å². The largest absolute Gasteiger partial charge is 0.306 e. The van der Waals surface area contributed by atoms with E-state index in [2.05, 4.69) is 20.4 Å². The van der Waals surface area contributed by atoms with E-state index in [0.29, 0.717) is 34.8 Å². The van der Waals surface area contributed by atoms with E-state index in [1.807, 2.05) is 56.3 Å². The second-order valence-corrected chi connectivity index (χ2v) is 7.29. The molecule has 156 valence electrons. The fraction of sp³-hybridized carbons (Fsp3) is 0.167. The first-order chi connectivity index (χ1) is 15.0. The summed E-state index contributed by atoms with van der Waals surface area (Å²) in [5, 5.41) is 7.26. The lowest BCUT2D eigenvalue weighted by molar-refractivity contribution is 0.102. The van der Waals surface area contributed by atoms with Gasteiger partial charge in [-0.25, -0.2) is 4.98 Å². The van der Waals surface area contributed by atoms with Crippen molar-refractivity contribution in [2.24, 2.45) is 0 Å². The maximum Gasteiger partial charge on any atom is 0.256 e. The van der Waals surface area contributed by atoms with Crippen LogP contribution in [0.1, 0.15) is 34.2 Å². The van der Waals surface area contributed by atoms with Gasteiger partial charge in [-0.3, -0.25) is 14.6 Å². The van der Waals surface area contributed by atoms with Crippen molar-refractivity contribution in [3.63, 3.8) is 0 Å². The number of rotatable bonds is 5. The minimum absolute atomic E-state index is 0.202. The smallest absolute Gasteiger partial charge is 0.256 e. The molecule has 0 spiro atoms. The van der Waals surface area contributed by atoms with Crippen LogP contribution in [0.25, 0.3) is 17.1 Å². The lowest BCUT2D eigenvalue weighted by atomic mass is 10.0. The number of benzene rings is 2. The van der Waals surface area contributed by atoms with Gasteiger partial charge in [-0.05, 0) is 43.5 Å². The van der Waals surface area contributed by atoms with Gasteiger partial charge in [-0.1, -0.05) is 49.4 Å². The van der Waals surface area contributed by atoms with Crippen molar-refractivity contribution in [1.29, 1.82) is 0 Å². The molecular formula is C24H23N5O2. The second-order valence-electron chi connectivity index (χ2n) is 7.29. The third-order valence-electron chi connectivity index (χ3n) is 5.09. The Kier molecular flexibility index (Phi) is 5.49. The van der Waals surface area contributed by atoms with Crippen molar-refractivity contribution in [3.05, 3.63) is 93.5 Å². The molecule has 31 heavy (non-hydrogen) atoms. The standard InChI is InChI=1S/C24H23N5O2/c1-4-20-16(3)25-24(27-23(20)31)29-21(14-15(2)28-29)26-22(30)19-12-10-18(11-13-19)17-8-6-5-7-9-17/h5-14H,4H2,1-3H3,(H,26,30)(H,25,27,31). The summed E-state index contributed by atoms with van der Waals surface area (Å²) in [5.41, 5.74) is 4.40. The summed E-state index contributed by atoms with van der Waals surface area (Å²) >= 11 is 0. The molecule has 0 saturated carbocycles. The molecule has 7 nitrogen and oxygen atoms in total. The molecule has 0 atom stereocenters. The normalized spacial score (nSPS) is 10.8. The van der Waals surface area contributed by atoms with E-state index in [0.717, 1.165) is 11.1 Å². The van der Waals surface area contributed by atoms with Gasteiger partial charge >= 0.3 is 0 Å². The summed E-state index contributed by atoms with van der Waals surface area (Å²) < 4.78 is 1.44. The summed E-state index contributed by atoms with van der Waals surface area (Å²) in [5.74, 6) is 0.425. The molecule has 2 aromatic heterocycles. The molecule has 2 aromatic carbocycles. The van der Waals surface area contributed by atoms with Crippen LogP contribution in [0.5, 0.6) is 0 Å². The molecule has 0 aliphatic rings. The maximum atomic E-state index is 12.8. The lowest BCUT2D eigenvalue weighted by Crippen LogP contribution is -2.22. The third kappa shape index (κ3) is 4.16. The Morgan fingerprint density at radius 1 is 1.03 bits per heavy atom. The first-order valence-electron chi connectivity index (χ1n) is 10.1. The molecule has 0 fully saturated rings. The number of hydrogen-bond acceptors (Lipinski definition) is 4. The average molecular weight is 413 g/mol. The fourth-order valence-corrected chi connectivity index (χ4v) is 3.50. The van der Waals surface area contributed by atoms with Crippen molar-refractivity contribution in [1.82, 2.24) is 19.7 Å². The van der Waals surface area contributed by atoms with Gasteiger partial charge in [0.25, 0.3) is 11.5 Å². The Morgan fingerprint density at radius 3 is 2.35 bits per heavy atom. The van der Waals surface area contributed by atoms with Crippen LogP contribution >= 0.6 is 0 Å². The summed E-state index contributed by atoms with van der Waals surface area (Å²) in [4.78, 5) is 32.4. The SMILES string of the molecule is CCc1c(C)nc(-n2nc(C)cc2NC(=O)c2ccc(-c3ccccc3)cc2)[nH]c1=O. The summed E-state index contributed by atoms with van der Waals surface area (Å²) in [7, 11) is 0. The number of aryl methyl sites for hydroxylation is 2. The molecule has 0 radical (unpaired) electrons. The van der Waals surface area contributed by atoms with Gasteiger partial charge in [-0.15, -0.1) is 0 Å². The minimum atomic E-state index is -0.273. The summed E-state index contributed by atoms with van der Waals surface area (Å²) in [6, 6.07) is 19.1. The fourth-order valence-electron chi connectivity index (χ4n) is 3.50. The van der Waals surface area contributed by atoms with Crippen LogP contribution in [-0.4, -0.2) is 25.7 Å². The molecule has 4 aromatic rings. The minimum Gasteiger partial charge on any atom is -0.306 e. The zero-order valence-electron chi connectivity index (χ0n) is 17.6. The van der Waals surface area contributed by atoms with E-state index in [1.165, 1.54) is 4.68 Å². The second kappa shape index (κ2) is 8.39. The van der Waals surface area contributed by atoms with Gasteiger partial charge in [0.1, 0.15) is 5.82 Å². The predicted octanol–water partition coefficient (Wildman–Crippen LogP) is 4.05. The van der Waals surface area contributed by atoms with E-state index in [-0.39, 0.29) is 17.4 Å². The van der Waals surface area contributed by atoms with Gasteiger partial charge < -0.3 is 5.32 Å². The first kappa shape index (κ1) is 20.3. The number of carbonyl (C=O) groups excluding carboxylic acids is 1. The van der Waals surface area contributed by atoms with E-state index < -0.39 is 0 Å². The maximum absolute atomic E-state index is 12.8. The van der Waals surface area contributed by atoms with Crippen molar-refractivity contribution >= 4 is 11.7 Å². The number of nitrogens with one attached hydrogen (secondary N) is 2. The Morgan fingerprint density at radius 2 is 1.71 bits per heavy atom.